The maximum absolute atomic E-state index is 13.0. The second-order valence-electron chi connectivity index (χ2n) is 6.97. The van der Waals surface area contributed by atoms with E-state index in [1.54, 1.807) is 73.3 Å². The van der Waals surface area contributed by atoms with Crippen LogP contribution in [0.25, 0.3) is 4.91 Å². The SMILES string of the molecule is COc1ccc(C(=O)c2c(C)cc(CC=C(c3ccccc3)S(N)(=O)=O)n2C)cc1. The van der Waals surface area contributed by atoms with E-state index in [4.69, 9.17) is 9.88 Å². The lowest BCUT2D eigenvalue weighted by molar-refractivity contribution is 0.103. The Labute approximate surface area is 176 Å². The minimum absolute atomic E-state index is 0.0602. The van der Waals surface area contributed by atoms with Crippen LogP contribution in [0.15, 0.2) is 66.7 Å². The largest absolute Gasteiger partial charge is 0.497 e. The molecular formula is C23H24N2O4S. The van der Waals surface area contributed by atoms with E-state index in [9.17, 15) is 13.2 Å². The Balaban J connectivity index is 1.95. The van der Waals surface area contributed by atoms with Gasteiger partial charge in [0.05, 0.1) is 17.7 Å². The molecule has 1 heterocycles. The molecule has 0 unspecified atom stereocenters. The van der Waals surface area contributed by atoms with E-state index in [1.807, 2.05) is 19.1 Å². The number of ketones is 1. The van der Waals surface area contributed by atoms with Crippen molar-refractivity contribution in [1.29, 1.82) is 0 Å². The van der Waals surface area contributed by atoms with Crippen molar-refractivity contribution in [2.75, 3.05) is 7.11 Å². The molecule has 0 saturated heterocycles. The van der Waals surface area contributed by atoms with Crippen molar-refractivity contribution in [3.8, 4) is 5.75 Å². The number of rotatable bonds is 7. The third-order valence-corrected chi connectivity index (χ3v) is 5.97. The van der Waals surface area contributed by atoms with Gasteiger partial charge in [0, 0.05) is 24.7 Å². The number of carbonyl (C=O) groups is 1. The van der Waals surface area contributed by atoms with E-state index < -0.39 is 10.0 Å². The monoisotopic (exact) mass is 424 g/mol. The lowest BCUT2D eigenvalue weighted by Gasteiger charge is -2.09. The second-order valence-corrected chi connectivity index (χ2v) is 8.50. The number of aryl methyl sites for hydroxylation is 1. The highest BCUT2D eigenvalue weighted by Gasteiger charge is 2.19. The van der Waals surface area contributed by atoms with Gasteiger partial charge in [-0.1, -0.05) is 36.4 Å². The van der Waals surface area contributed by atoms with Crippen LogP contribution in [-0.2, 0) is 23.5 Å². The van der Waals surface area contributed by atoms with Crippen LogP contribution in [0.4, 0.5) is 0 Å². The van der Waals surface area contributed by atoms with E-state index in [2.05, 4.69) is 0 Å². The van der Waals surface area contributed by atoms with Crippen molar-refractivity contribution < 1.29 is 17.9 Å². The van der Waals surface area contributed by atoms with Gasteiger partial charge in [0.1, 0.15) is 5.75 Å². The van der Waals surface area contributed by atoms with Crippen LogP contribution < -0.4 is 9.88 Å². The van der Waals surface area contributed by atoms with Crippen LogP contribution >= 0.6 is 0 Å². The van der Waals surface area contributed by atoms with Gasteiger partial charge in [-0.15, -0.1) is 0 Å². The molecule has 3 aromatic rings. The highest BCUT2D eigenvalue weighted by atomic mass is 32.2. The van der Waals surface area contributed by atoms with Gasteiger partial charge in [-0.3, -0.25) is 4.79 Å². The minimum atomic E-state index is -3.90. The predicted octanol–water partition coefficient (Wildman–Crippen LogP) is 3.45. The Kier molecular flexibility index (Phi) is 6.24. The third kappa shape index (κ3) is 4.53. The minimum Gasteiger partial charge on any atom is -0.497 e. The van der Waals surface area contributed by atoms with E-state index >= 15 is 0 Å². The maximum atomic E-state index is 13.0. The number of carbonyl (C=O) groups excluding carboxylic acids is 1. The molecule has 0 spiro atoms. The van der Waals surface area contributed by atoms with Gasteiger partial charge >= 0.3 is 0 Å². The summed E-state index contributed by atoms with van der Waals surface area (Å²) >= 11 is 0. The van der Waals surface area contributed by atoms with Gasteiger partial charge < -0.3 is 9.30 Å². The number of sulfonamides is 1. The quantitative estimate of drug-likeness (QED) is 0.588. The van der Waals surface area contributed by atoms with Crippen molar-refractivity contribution in [3.63, 3.8) is 0 Å². The molecule has 2 aromatic carbocycles. The third-order valence-electron chi connectivity index (χ3n) is 4.95. The summed E-state index contributed by atoms with van der Waals surface area (Å²) in [6.45, 7) is 1.86. The first-order valence-corrected chi connectivity index (χ1v) is 10.9. The number of aromatic nitrogens is 1. The number of nitrogens with zero attached hydrogens (tertiary/aromatic N) is 1. The summed E-state index contributed by atoms with van der Waals surface area (Å²) in [5, 5.41) is 5.43. The molecule has 6 nitrogen and oxygen atoms in total. The summed E-state index contributed by atoms with van der Waals surface area (Å²) in [7, 11) is -0.527. The van der Waals surface area contributed by atoms with Gasteiger partial charge in [0.15, 0.2) is 0 Å². The summed E-state index contributed by atoms with van der Waals surface area (Å²) in [6, 6.07) is 17.5. The smallest absolute Gasteiger partial charge is 0.238 e. The number of benzene rings is 2. The van der Waals surface area contributed by atoms with Crippen LogP contribution in [0.2, 0.25) is 0 Å². The zero-order chi connectivity index (χ0) is 21.9. The highest BCUT2D eigenvalue weighted by Crippen LogP contribution is 2.23. The number of allylic oxidation sites excluding steroid dienone is 1. The first-order chi connectivity index (χ1) is 14.2. The number of methoxy groups -OCH3 is 1. The van der Waals surface area contributed by atoms with Gasteiger partial charge in [0.2, 0.25) is 15.8 Å². The Morgan fingerprint density at radius 2 is 1.70 bits per heavy atom. The number of nitrogens with two attached hydrogens (primary N) is 1. The van der Waals surface area contributed by atoms with Crippen LogP contribution in [0.3, 0.4) is 0 Å². The summed E-state index contributed by atoms with van der Waals surface area (Å²) in [5.74, 6) is 0.569. The average molecular weight is 425 g/mol. The zero-order valence-electron chi connectivity index (χ0n) is 17.1. The number of hydrogen-bond acceptors (Lipinski definition) is 4. The first kappa shape index (κ1) is 21.5. The average Bonchev–Trinajstić information content (AvgIpc) is 3.00. The van der Waals surface area contributed by atoms with Crippen molar-refractivity contribution in [3.05, 3.63) is 94.8 Å². The van der Waals surface area contributed by atoms with E-state index in [0.29, 0.717) is 29.0 Å². The van der Waals surface area contributed by atoms with Gasteiger partial charge in [-0.2, -0.15) is 0 Å². The lowest BCUT2D eigenvalue weighted by Crippen LogP contribution is -2.14. The molecule has 3 rings (SSSR count). The predicted molar refractivity (Wildman–Crippen MR) is 118 cm³/mol. The van der Waals surface area contributed by atoms with E-state index in [0.717, 1.165) is 11.3 Å². The Morgan fingerprint density at radius 3 is 2.27 bits per heavy atom. The summed E-state index contributed by atoms with van der Waals surface area (Å²) in [5.41, 5.74) is 3.26. The lowest BCUT2D eigenvalue weighted by atomic mass is 10.1. The fourth-order valence-corrected chi connectivity index (χ4v) is 4.21. The molecule has 0 aliphatic rings. The van der Waals surface area contributed by atoms with Crippen LogP contribution in [0, 0.1) is 6.92 Å². The summed E-state index contributed by atoms with van der Waals surface area (Å²) in [4.78, 5) is 13.1. The molecule has 0 radical (unpaired) electrons. The molecule has 0 aliphatic carbocycles. The van der Waals surface area contributed by atoms with Gasteiger partial charge in [-0.25, -0.2) is 13.6 Å². The molecule has 30 heavy (non-hydrogen) atoms. The Hall–Kier alpha value is -3.16. The number of primary sulfonamides is 1. The van der Waals surface area contributed by atoms with Crippen LogP contribution in [0.1, 0.15) is 32.9 Å². The van der Waals surface area contributed by atoms with Crippen molar-refractivity contribution >= 4 is 20.7 Å². The molecule has 2 N–H and O–H groups in total. The number of ether oxygens (including phenoxy) is 1. The molecular weight excluding hydrogens is 400 g/mol. The molecule has 0 atom stereocenters. The number of hydrogen-bond donors (Lipinski definition) is 1. The summed E-state index contributed by atoms with van der Waals surface area (Å²) in [6.07, 6.45) is 1.90. The maximum Gasteiger partial charge on any atom is 0.238 e. The Morgan fingerprint density at radius 1 is 1.07 bits per heavy atom. The van der Waals surface area contributed by atoms with Crippen molar-refractivity contribution in [2.45, 2.75) is 13.3 Å². The summed E-state index contributed by atoms with van der Waals surface area (Å²) < 4.78 is 31.1. The molecule has 0 bridgehead atoms. The zero-order valence-corrected chi connectivity index (χ0v) is 17.9. The standard InChI is InChI=1S/C23H24N2O4S/c1-16-15-19(11-14-21(30(24,27)28)17-7-5-4-6-8-17)25(2)22(16)23(26)18-9-12-20(29-3)13-10-18/h4-10,12-15H,11H2,1-3H3,(H2,24,27,28). The van der Waals surface area contributed by atoms with E-state index in [-0.39, 0.29) is 10.7 Å². The van der Waals surface area contributed by atoms with Crippen LogP contribution in [-0.4, -0.2) is 25.9 Å². The molecule has 0 amide bonds. The van der Waals surface area contributed by atoms with Crippen LogP contribution in [0.5, 0.6) is 5.75 Å². The van der Waals surface area contributed by atoms with Crippen molar-refractivity contribution in [2.24, 2.45) is 12.2 Å². The van der Waals surface area contributed by atoms with Crippen molar-refractivity contribution in [1.82, 2.24) is 4.57 Å². The second kappa shape index (κ2) is 8.69. The Bertz CT molecular complexity index is 1190. The van der Waals surface area contributed by atoms with Gasteiger partial charge in [-0.05, 0) is 48.4 Å². The van der Waals surface area contributed by atoms with E-state index in [1.165, 1.54) is 0 Å². The molecule has 0 fully saturated rings. The molecule has 156 valence electrons. The molecule has 0 aliphatic heterocycles. The first-order valence-electron chi connectivity index (χ1n) is 9.34. The van der Waals surface area contributed by atoms with Gasteiger partial charge in [0.25, 0.3) is 0 Å². The normalized spacial score (nSPS) is 12.1. The molecule has 0 saturated carbocycles. The fraction of sp³-hybridized carbons (Fsp3) is 0.174. The highest BCUT2D eigenvalue weighted by molar-refractivity contribution is 7.98. The fourth-order valence-electron chi connectivity index (χ4n) is 3.43. The topological polar surface area (TPSA) is 91.4 Å². The molecule has 7 heteroatoms. The molecule has 1 aromatic heterocycles.